The van der Waals surface area contributed by atoms with E-state index < -0.39 is 6.09 Å². The van der Waals surface area contributed by atoms with Crippen molar-refractivity contribution in [3.05, 3.63) is 35.9 Å². The van der Waals surface area contributed by atoms with Crippen LogP contribution in [0.4, 0.5) is 16.2 Å². The maximum atomic E-state index is 12.3. The Morgan fingerprint density at radius 2 is 1.70 bits per heavy atom. The third-order valence-electron chi connectivity index (χ3n) is 5.70. The molecule has 1 saturated carbocycles. The van der Waals surface area contributed by atoms with E-state index in [1.165, 1.54) is 13.5 Å². The number of benzene rings is 2. The van der Waals surface area contributed by atoms with Crippen molar-refractivity contribution in [1.82, 2.24) is 0 Å². The highest BCUT2D eigenvalue weighted by Crippen LogP contribution is 2.36. The number of fused-ring (bicyclic) bond motifs is 1. The summed E-state index contributed by atoms with van der Waals surface area (Å²) in [5.74, 6) is 2.59. The summed E-state index contributed by atoms with van der Waals surface area (Å²) < 4.78 is 27.9. The van der Waals surface area contributed by atoms with Crippen LogP contribution in [0.15, 0.2) is 35.3 Å². The summed E-state index contributed by atoms with van der Waals surface area (Å²) in [6.07, 6.45) is 4.69. The molecule has 1 aliphatic carbocycles. The van der Waals surface area contributed by atoms with Gasteiger partial charge in [0.1, 0.15) is 24.3 Å². The molecular formula is C24H29N3O6. The second-order valence-electron chi connectivity index (χ2n) is 7.81. The summed E-state index contributed by atoms with van der Waals surface area (Å²) in [7, 11) is 4.70. The molecule has 1 amide bonds. The highest BCUT2D eigenvalue weighted by molar-refractivity contribution is 6.03. The van der Waals surface area contributed by atoms with E-state index in [4.69, 9.17) is 23.7 Å². The summed E-state index contributed by atoms with van der Waals surface area (Å²) >= 11 is 0. The van der Waals surface area contributed by atoms with Gasteiger partial charge in [-0.25, -0.2) is 9.79 Å². The van der Waals surface area contributed by atoms with Crippen molar-refractivity contribution in [3.8, 4) is 23.0 Å². The highest BCUT2D eigenvalue weighted by Gasteiger charge is 2.22. The Labute approximate surface area is 193 Å². The van der Waals surface area contributed by atoms with Gasteiger partial charge in [0.25, 0.3) is 0 Å². The minimum absolute atomic E-state index is 0.0269. The monoisotopic (exact) mass is 455 g/mol. The molecule has 9 nitrogen and oxygen atoms in total. The number of rotatable bonds is 6. The number of methoxy groups -OCH3 is 3. The summed E-state index contributed by atoms with van der Waals surface area (Å²) in [4.78, 5) is 16.8. The third kappa shape index (κ3) is 5.24. The average molecular weight is 456 g/mol. The Hall–Kier alpha value is -3.62. The number of carbonyl (C=O) groups excluding carboxylic acids is 1. The lowest BCUT2D eigenvalue weighted by Gasteiger charge is -2.22. The number of aliphatic imine (C=N–C) groups is 1. The van der Waals surface area contributed by atoms with Crippen LogP contribution in [0, 0.1) is 0 Å². The van der Waals surface area contributed by atoms with Crippen molar-refractivity contribution in [2.24, 2.45) is 4.99 Å². The van der Waals surface area contributed by atoms with Crippen LogP contribution >= 0.6 is 0 Å². The summed E-state index contributed by atoms with van der Waals surface area (Å²) in [6.45, 7) is 0.363. The third-order valence-corrected chi connectivity index (χ3v) is 5.70. The Bertz CT molecular complexity index is 1030. The molecule has 33 heavy (non-hydrogen) atoms. The standard InChI is InChI=1S/C24H29N3O6/c1-29-20-11-16(9-10-18(20)27-24(28)33-15-7-5-4-6-8-15)32-23-17-12-21(30-2)22(31-3)13-19(17)25-14-26-23/h9-13,15,25H,4-8,14H2,1-3H3,(H,27,28). The van der Waals surface area contributed by atoms with Crippen molar-refractivity contribution in [3.63, 3.8) is 0 Å². The summed E-state index contributed by atoms with van der Waals surface area (Å²) in [6, 6.07) is 8.81. The molecule has 176 valence electrons. The lowest BCUT2D eigenvalue weighted by Crippen LogP contribution is -2.24. The fourth-order valence-corrected chi connectivity index (χ4v) is 3.99. The van der Waals surface area contributed by atoms with Crippen molar-refractivity contribution in [2.45, 2.75) is 38.2 Å². The largest absolute Gasteiger partial charge is 0.494 e. The van der Waals surface area contributed by atoms with Crippen LogP contribution in [0.5, 0.6) is 23.0 Å². The predicted octanol–water partition coefficient (Wildman–Crippen LogP) is 4.80. The van der Waals surface area contributed by atoms with Gasteiger partial charge in [0.05, 0.1) is 38.3 Å². The molecule has 0 saturated heterocycles. The first kappa shape index (κ1) is 22.6. The molecule has 1 aliphatic heterocycles. The molecule has 2 N–H and O–H groups in total. The van der Waals surface area contributed by atoms with Crippen molar-refractivity contribution in [2.75, 3.05) is 38.6 Å². The molecule has 4 rings (SSSR count). The molecule has 0 atom stereocenters. The van der Waals surface area contributed by atoms with Crippen LogP contribution in [0.1, 0.15) is 37.7 Å². The zero-order valence-corrected chi connectivity index (χ0v) is 19.1. The van der Waals surface area contributed by atoms with E-state index in [9.17, 15) is 4.79 Å². The molecule has 2 aromatic rings. The number of carbonyl (C=O) groups is 1. The normalized spacial score (nSPS) is 15.4. The molecule has 0 bridgehead atoms. The van der Waals surface area contributed by atoms with Gasteiger partial charge in [0, 0.05) is 12.1 Å². The maximum Gasteiger partial charge on any atom is 0.412 e. The second kappa shape index (κ2) is 10.3. The molecule has 0 aromatic heterocycles. The van der Waals surface area contributed by atoms with E-state index in [1.54, 1.807) is 32.4 Å². The number of ether oxygens (including phenoxy) is 5. The van der Waals surface area contributed by atoms with Crippen LogP contribution in [0.3, 0.4) is 0 Å². The van der Waals surface area contributed by atoms with E-state index in [2.05, 4.69) is 15.6 Å². The second-order valence-corrected chi connectivity index (χ2v) is 7.81. The molecule has 9 heteroatoms. The van der Waals surface area contributed by atoms with Gasteiger partial charge < -0.3 is 29.0 Å². The Balaban J connectivity index is 1.48. The topological polar surface area (TPSA) is 99.6 Å². The first-order valence-electron chi connectivity index (χ1n) is 11.0. The van der Waals surface area contributed by atoms with Crippen LogP contribution in [0.2, 0.25) is 0 Å². The van der Waals surface area contributed by atoms with Crippen molar-refractivity contribution < 1.29 is 28.5 Å². The van der Waals surface area contributed by atoms with Gasteiger partial charge in [-0.1, -0.05) is 6.42 Å². The van der Waals surface area contributed by atoms with E-state index in [0.29, 0.717) is 41.3 Å². The number of anilines is 2. The van der Waals surface area contributed by atoms with Gasteiger partial charge >= 0.3 is 6.09 Å². The Morgan fingerprint density at radius 1 is 0.970 bits per heavy atom. The Morgan fingerprint density at radius 3 is 2.42 bits per heavy atom. The lowest BCUT2D eigenvalue weighted by atomic mass is 9.98. The van der Waals surface area contributed by atoms with Gasteiger partial charge in [0.15, 0.2) is 11.5 Å². The van der Waals surface area contributed by atoms with E-state index >= 15 is 0 Å². The highest BCUT2D eigenvalue weighted by atomic mass is 16.6. The molecule has 1 fully saturated rings. The van der Waals surface area contributed by atoms with E-state index in [1.807, 2.05) is 12.1 Å². The van der Waals surface area contributed by atoms with E-state index in [-0.39, 0.29) is 6.10 Å². The molecule has 0 unspecified atom stereocenters. The fourth-order valence-electron chi connectivity index (χ4n) is 3.99. The number of nitrogens with zero attached hydrogens (tertiary/aromatic N) is 1. The van der Waals surface area contributed by atoms with Crippen LogP contribution in [-0.2, 0) is 4.74 Å². The number of hydrogen-bond acceptors (Lipinski definition) is 8. The van der Waals surface area contributed by atoms with Crippen LogP contribution in [-0.4, -0.2) is 46.1 Å². The first-order valence-corrected chi connectivity index (χ1v) is 11.0. The zero-order chi connectivity index (χ0) is 23.2. The molecular weight excluding hydrogens is 426 g/mol. The minimum atomic E-state index is -0.480. The van der Waals surface area contributed by atoms with Gasteiger partial charge in [-0.3, -0.25) is 5.32 Å². The maximum absolute atomic E-state index is 12.3. The molecule has 2 aliphatic rings. The van der Waals surface area contributed by atoms with Gasteiger partial charge in [0.2, 0.25) is 5.90 Å². The van der Waals surface area contributed by atoms with Crippen molar-refractivity contribution in [1.29, 1.82) is 0 Å². The number of amides is 1. The fraction of sp³-hybridized carbons (Fsp3) is 0.417. The average Bonchev–Trinajstić information content (AvgIpc) is 2.84. The molecule has 2 aromatic carbocycles. The molecule has 1 heterocycles. The number of hydrogen-bond donors (Lipinski definition) is 2. The van der Waals surface area contributed by atoms with Crippen LogP contribution < -0.4 is 29.6 Å². The van der Waals surface area contributed by atoms with Gasteiger partial charge in [-0.05, 0) is 43.9 Å². The SMILES string of the molecule is COc1cc(OC2=NCNc3cc(OC)c(OC)cc32)ccc1NC(=O)OC1CCCCC1. The number of nitrogens with one attached hydrogen (secondary N) is 2. The smallest absolute Gasteiger partial charge is 0.412 e. The first-order chi connectivity index (χ1) is 16.1. The van der Waals surface area contributed by atoms with Gasteiger partial charge in [-0.2, -0.15) is 0 Å². The van der Waals surface area contributed by atoms with Crippen molar-refractivity contribution >= 4 is 23.4 Å². The zero-order valence-electron chi connectivity index (χ0n) is 19.1. The van der Waals surface area contributed by atoms with Crippen LogP contribution in [0.25, 0.3) is 0 Å². The predicted molar refractivity (Wildman–Crippen MR) is 125 cm³/mol. The molecule has 0 radical (unpaired) electrons. The van der Waals surface area contributed by atoms with E-state index in [0.717, 1.165) is 36.9 Å². The lowest BCUT2D eigenvalue weighted by molar-refractivity contribution is 0.0864. The van der Waals surface area contributed by atoms with Gasteiger partial charge in [-0.15, -0.1) is 0 Å². The summed E-state index contributed by atoms with van der Waals surface area (Å²) in [5, 5.41) is 5.97. The quantitative estimate of drug-likeness (QED) is 0.645. The molecule has 0 spiro atoms. The minimum Gasteiger partial charge on any atom is -0.494 e. The summed E-state index contributed by atoms with van der Waals surface area (Å²) in [5.41, 5.74) is 2.08. The Kier molecular flexibility index (Phi) is 7.07.